The average molecular weight is 377 g/mol. The van der Waals surface area contributed by atoms with Gasteiger partial charge in [0.1, 0.15) is 0 Å². The molecular weight excluding hydrogens is 348 g/mol. The lowest BCUT2D eigenvalue weighted by Crippen LogP contribution is -2.41. The number of nitrogens with zero attached hydrogens (tertiary/aromatic N) is 4. The first-order valence-corrected chi connectivity index (χ1v) is 9.56. The molecule has 4 aromatic heterocycles. The second-order valence-electron chi connectivity index (χ2n) is 8.54. The molecule has 0 aliphatic heterocycles. The molecule has 0 aliphatic carbocycles. The molecule has 4 rings (SSSR count). The number of nitrogens with one attached hydrogen (secondary N) is 2. The standard InChI is InChI=1S/C22H28N6/c1-21(2,17-9-7-15(25-17)19-23-11-13-27(19)5)22(3,4)18-10-8-16(26-18)20-24-12-14-28(20)6/h7-14,25-26H,1-6H3. The number of rotatable bonds is 5. The molecule has 4 heterocycles. The van der Waals surface area contributed by atoms with Gasteiger partial charge in [-0.05, 0) is 24.3 Å². The minimum absolute atomic E-state index is 0.139. The molecule has 4 aromatic rings. The van der Waals surface area contributed by atoms with E-state index in [4.69, 9.17) is 0 Å². The molecule has 0 bridgehead atoms. The van der Waals surface area contributed by atoms with Gasteiger partial charge in [0.2, 0.25) is 0 Å². The molecule has 0 aliphatic rings. The molecule has 0 radical (unpaired) electrons. The third-order valence-corrected chi connectivity index (χ3v) is 6.41. The van der Waals surface area contributed by atoms with E-state index in [1.165, 1.54) is 11.4 Å². The highest BCUT2D eigenvalue weighted by Gasteiger charge is 2.42. The van der Waals surface area contributed by atoms with Crippen molar-refractivity contribution in [3.63, 3.8) is 0 Å². The van der Waals surface area contributed by atoms with Gasteiger partial charge in [0.15, 0.2) is 11.6 Å². The van der Waals surface area contributed by atoms with Gasteiger partial charge in [-0.1, -0.05) is 27.7 Å². The Balaban J connectivity index is 1.69. The number of aromatic amines is 2. The Morgan fingerprint density at radius 3 is 1.39 bits per heavy atom. The van der Waals surface area contributed by atoms with Crippen molar-refractivity contribution in [2.24, 2.45) is 14.1 Å². The van der Waals surface area contributed by atoms with E-state index in [0.717, 1.165) is 23.0 Å². The van der Waals surface area contributed by atoms with E-state index in [0.29, 0.717) is 0 Å². The topological polar surface area (TPSA) is 67.2 Å². The minimum atomic E-state index is -0.139. The van der Waals surface area contributed by atoms with Crippen LogP contribution in [0.1, 0.15) is 39.1 Å². The van der Waals surface area contributed by atoms with E-state index in [1.54, 1.807) is 0 Å². The molecular formula is C22H28N6. The normalized spacial score (nSPS) is 12.6. The summed E-state index contributed by atoms with van der Waals surface area (Å²) in [4.78, 5) is 16.1. The van der Waals surface area contributed by atoms with Crippen LogP contribution in [0.4, 0.5) is 0 Å². The highest BCUT2D eigenvalue weighted by atomic mass is 15.1. The zero-order chi connectivity index (χ0) is 20.1. The fourth-order valence-corrected chi connectivity index (χ4v) is 3.70. The van der Waals surface area contributed by atoms with Crippen molar-refractivity contribution in [3.05, 3.63) is 60.4 Å². The molecule has 0 unspecified atom stereocenters. The van der Waals surface area contributed by atoms with Gasteiger partial charge in [-0.25, -0.2) is 9.97 Å². The summed E-state index contributed by atoms with van der Waals surface area (Å²) in [6, 6.07) is 8.58. The second kappa shape index (κ2) is 6.26. The number of H-pyrrole nitrogens is 2. The molecule has 28 heavy (non-hydrogen) atoms. The molecule has 0 saturated carbocycles. The Morgan fingerprint density at radius 2 is 1.07 bits per heavy atom. The van der Waals surface area contributed by atoms with Gasteiger partial charge >= 0.3 is 0 Å². The predicted molar refractivity (Wildman–Crippen MR) is 112 cm³/mol. The molecule has 0 amide bonds. The molecule has 6 heteroatoms. The zero-order valence-electron chi connectivity index (χ0n) is 17.4. The molecule has 2 N–H and O–H groups in total. The SMILES string of the molecule is Cn1ccnc1-c1ccc(C(C)(C)C(C)(C)c2ccc(-c3nccn3C)[nH]2)[nH]1. The summed E-state index contributed by atoms with van der Waals surface area (Å²) in [6.07, 6.45) is 7.57. The smallest absolute Gasteiger partial charge is 0.156 e. The van der Waals surface area contributed by atoms with Gasteiger partial charge in [0, 0.05) is 61.1 Å². The van der Waals surface area contributed by atoms with Crippen LogP contribution in [0, 0.1) is 0 Å². The molecule has 0 saturated heterocycles. The van der Waals surface area contributed by atoms with Crippen molar-refractivity contribution >= 4 is 0 Å². The van der Waals surface area contributed by atoms with Gasteiger partial charge in [-0.2, -0.15) is 0 Å². The summed E-state index contributed by atoms with van der Waals surface area (Å²) in [6.45, 7) is 9.12. The maximum absolute atomic E-state index is 4.46. The van der Waals surface area contributed by atoms with E-state index < -0.39 is 0 Å². The van der Waals surface area contributed by atoms with Crippen LogP contribution in [0.5, 0.6) is 0 Å². The third-order valence-electron chi connectivity index (χ3n) is 6.41. The average Bonchev–Trinajstić information content (AvgIpc) is 3.41. The summed E-state index contributed by atoms with van der Waals surface area (Å²) >= 11 is 0. The van der Waals surface area contributed by atoms with E-state index in [2.05, 4.69) is 71.9 Å². The Hall–Kier alpha value is -3.02. The molecule has 6 nitrogen and oxygen atoms in total. The van der Waals surface area contributed by atoms with Gasteiger partial charge in [0.05, 0.1) is 11.4 Å². The van der Waals surface area contributed by atoms with Crippen LogP contribution in [0.25, 0.3) is 23.0 Å². The summed E-state index contributed by atoms with van der Waals surface area (Å²) in [7, 11) is 4.02. The van der Waals surface area contributed by atoms with Gasteiger partial charge < -0.3 is 19.1 Å². The lowest BCUT2D eigenvalue weighted by Gasteiger charge is -2.41. The zero-order valence-corrected chi connectivity index (χ0v) is 17.4. The number of hydrogen-bond donors (Lipinski definition) is 2. The van der Waals surface area contributed by atoms with Crippen molar-refractivity contribution in [2.75, 3.05) is 0 Å². The summed E-state index contributed by atoms with van der Waals surface area (Å²) in [5, 5.41) is 0. The van der Waals surface area contributed by atoms with Crippen LogP contribution in [-0.2, 0) is 24.9 Å². The van der Waals surface area contributed by atoms with Gasteiger partial charge in [0.25, 0.3) is 0 Å². The Kier molecular flexibility index (Phi) is 4.10. The largest absolute Gasteiger partial charge is 0.355 e. The van der Waals surface area contributed by atoms with Crippen molar-refractivity contribution in [1.82, 2.24) is 29.1 Å². The van der Waals surface area contributed by atoms with Crippen molar-refractivity contribution < 1.29 is 0 Å². The third kappa shape index (κ3) is 2.71. The first-order valence-electron chi connectivity index (χ1n) is 9.56. The van der Waals surface area contributed by atoms with Crippen LogP contribution in [0.2, 0.25) is 0 Å². The van der Waals surface area contributed by atoms with Crippen LogP contribution in [0.3, 0.4) is 0 Å². The summed E-state index contributed by atoms with van der Waals surface area (Å²) in [5.74, 6) is 1.88. The first-order chi connectivity index (χ1) is 13.2. The Morgan fingerprint density at radius 1 is 0.679 bits per heavy atom. The van der Waals surface area contributed by atoms with Crippen LogP contribution < -0.4 is 0 Å². The molecule has 0 spiro atoms. The van der Waals surface area contributed by atoms with Crippen molar-refractivity contribution in [2.45, 2.75) is 38.5 Å². The predicted octanol–water partition coefficient (Wildman–Crippen LogP) is 4.40. The number of aryl methyl sites for hydroxylation is 2. The molecule has 0 atom stereocenters. The molecule has 146 valence electrons. The number of aromatic nitrogens is 6. The minimum Gasteiger partial charge on any atom is -0.355 e. The molecule has 0 aromatic carbocycles. The monoisotopic (exact) mass is 376 g/mol. The van der Waals surface area contributed by atoms with Gasteiger partial charge in [-0.15, -0.1) is 0 Å². The van der Waals surface area contributed by atoms with E-state index in [-0.39, 0.29) is 10.8 Å². The maximum Gasteiger partial charge on any atom is 0.156 e. The highest BCUT2D eigenvalue weighted by Crippen LogP contribution is 2.43. The Labute approximate surface area is 165 Å². The van der Waals surface area contributed by atoms with Crippen molar-refractivity contribution in [3.8, 4) is 23.0 Å². The van der Waals surface area contributed by atoms with Crippen LogP contribution >= 0.6 is 0 Å². The summed E-state index contributed by atoms with van der Waals surface area (Å²) in [5.41, 5.74) is 4.16. The van der Waals surface area contributed by atoms with E-state index in [1.807, 2.05) is 48.0 Å². The molecule has 0 fully saturated rings. The van der Waals surface area contributed by atoms with Crippen molar-refractivity contribution in [1.29, 1.82) is 0 Å². The van der Waals surface area contributed by atoms with Crippen LogP contribution in [-0.4, -0.2) is 29.1 Å². The fraction of sp³-hybridized carbons (Fsp3) is 0.364. The van der Waals surface area contributed by atoms with Crippen LogP contribution in [0.15, 0.2) is 49.1 Å². The highest BCUT2D eigenvalue weighted by molar-refractivity contribution is 5.54. The lowest BCUT2D eigenvalue weighted by molar-refractivity contribution is 0.290. The first kappa shape index (κ1) is 18.3. The van der Waals surface area contributed by atoms with Gasteiger partial charge in [-0.3, -0.25) is 0 Å². The van der Waals surface area contributed by atoms with E-state index >= 15 is 0 Å². The lowest BCUT2D eigenvalue weighted by atomic mass is 9.64. The fourth-order valence-electron chi connectivity index (χ4n) is 3.70. The number of imidazole rings is 2. The Bertz CT molecular complexity index is 1010. The van der Waals surface area contributed by atoms with E-state index in [9.17, 15) is 0 Å². The summed E-state index contributed by atoms with van der Waals surface area (Å²) < 4.78 is 4.05. The maximum atomic E-state index is 4.46. The quantitative estimate of drug-likeness (QED) is 0.542. The number of hydrogen-bond acceptors (Lipinski definition) is 2. The second-order valence-corrected chi connectivity index (χ2v) is 8.54.